The number of urea groups is 1. The van der Waals surface area contributed by atoms with Crippen LogP contribution in [0, 0.1) is 5.92 Å². The maximum absolute atomic E-state index is 12.3. The van der Waals surface area contributed by atoms with Gasteiger partial charge in [0.2, 0.25) is 0 Å². The fourth-order valence-electron chi connectivity index (χ4n) is 2.14. The standard InChI is InChI=1S/C18H24N2O7/c1-11(2)7-8-19-18(24)20-14(22)10-27-17(23)15-12(9-21)5-6-13(25-3)16(15)26-4/h5-6,9,11H,7-8,10H2,1-4H3,(H2,19,20,22,24). The first-order valence-corrected chi connectivity index (χ1v) is 8.29. The zero-order valence-corrected chi connectivity index (χ0v) is 15.8. The summed E-state index contributed by atoms with van der Waals surface area (Å²) >= 11 is 0. The van der Waals surface area contributed by atoms with Crippen LogP contribution < -0.4 is 20.1 Å². The van der Waals surface area contributed by atoms with E-state index in [4.69, 9.17) is 14.2 Å². The molecule has 0 saturated carbocycles. The number of methoxy groups -OCH3 is 2. The third kappa shape index (κ3) is 6.61. The van der Waals surface area contributed by atoms with E-state index in [9.17, 15) is 19.2 Å². The molecule has 1 aromatic carbocycles. The van der Waals surface area contributed by atoms with Crippen LogP contribution in [0.4, 0.5) is 4.79 Å². The van der Waals surface area contributed by atoms with Crippen LogP contribution >= 0.6 is 0 Å². The lowest BCUT2D eigenvalue weighted by molar-refractivity contribution is -0.123. The Kier molecular flexibility index (Phi) is 8.77. The highest BCUT2D eigenvalue weighted by molar-refractivity contribution is 6.03. The molecule has 148 valence electrons. The number of hydrogen-bond acceptors (Lipinski definition) is 7. The van der Waals surface area contributed by atoms with Crippen molar-refractivity contribution in [2.75, 3.05) is 27.4 Å². The normalized spacial score (nSPS) is 10.1. The molecule has 0 fully saturated rings. The molecule has 0 spiro atoms. The number of imide groups is 1. The third-order valence-corrected chi connectivity index (χ3v) is 3.50. The van der Waals surface area contributed by atoms with E-state index in [1.807, 2.05) is 19.2 Å². The van der Waals surface area contributed by atoms with Crippen LogP contribution in [0.15, 0.2) is 12.1 Å². The molecule has 1 aromatic rings. The second kappa shape index (κ2) is 10.8. The Hall–Kier alpha value is -3.10. The molecule has 0 unspecified atom stereocenters. The quantitative estimate of drug-likeness (QED) is 0.492. The molecule has 0 atom stereocenters. The maximum atomic E-state index is 12.3. The molecule has 27 heavy (non-hydrogen) atoms. The highest BCUT2D eigenvalue weighted by Gasteiger charge is 2.23. The maximum Gasteiger partial charge on any atom is 0.343 e. The van der Waals surface area contributed by atoms with Gasteiger partial charge < -0.3 is 19.5 Å². The Morgan fingerprint density at radius 3 is 2.41 bits per heavy atom. The van der Waals surface area contributed by atoms with E-state index < -0.39 is 24.5 Å². The number of hydrogen-bond donors (Lipinski definition) is 2. The second-order valence-corrected chi connectivity index (χ2v) is 5.95. The zero-order chi connectivity index (χ0) is 20.4. The van der Waals surface area contributed by atoms with Crippen LogP contribution in [0.1, 0.15) is 41.0 Å². The number of rotatable bonds is 9. The number of benzene rings is 1. The first kappa shape index (κ1) is 21.9. The summed E-state index contributed by atoms with van der Waals surface area (Å²) in [5, 5.41) is 4.57. The van der Waals surface area contributed by atoms with Crippen LogP contribution in [-0.4, -0.2) is 51.6 Å². The Labute approximate surface area is 157 Å². The SMILES string of the molecule is COc1ccc(C=O)c(C(=O)OCC(=O)NC(=O)NCCC(C)C)c1OC. The van der Waals surface area contributed by atoms with E-state index in [0.29, 0.717) is 18.7 Å². The molecule has 0 aliphatic rings. The van der Waals surface area contributed by atoms with Gasteiger partial charge in [0, 0.05) is 12.1 Å². The van der Waals surface area contributed by atoms with Gasteiger partial charge in [0.05, 0.1) is 14.2 Å². The van der Waals surface area contributed by atoms with Gasteiger partial charge in [-0.15, -0.1) is 0 Å². The van der Waals surface area contributed by atoms with Gasteiger partial charge in [-0.05, 0) is 24.5 Å². The summed E-state index contributed by atoms with van der Waals surface area (Å²) in [5.74, 6) is -1.11. The van der Waals surface area contributed by atoms with Crippen molar-refractivity contribution in [1.82, 2.24) is 10.6 Å². The Morgan fingerprint density at radius 2 is 1.85 bits per heavy atom. The highest BCUT2D eigenvalue weighted by Crippen LogP contribution is 2.33. The van der Waals surface area contributed by atoms with Gasteiger partial charge >= 0.3 is 12.0 Å². The number of nitrogens with one attached hydrogen (secondary N) is 2. The van der Waals surface area contributed by atoms with E-state index in [1.54, 1.807) is 0 Å². The van der Waals surface area contributed by atoms with E-state index in [0.717, 1.165) is 6.42 Å². The fraction of sp³-hybridized carbons (Fsp3) is 0.444. The van der Waals surface area contributed by atoms with Gasteiger partial charge in [0.15, 0.2) is 24.4 Å². The molecule has 0 aliphatic heterocycles. The smallest absolute Gasteiger partial charge is 0.343 e. The number of amides is 3. The van der Waals surface area contributed by atoms with Gasteiger partial charge in [0.25, 0.3) is 5.91 Å². The Balaban J connectivity index is 2.70. The molecule has 0 radical (unpaired) electrons. The van der Waals surface area contributed by atoms with Gasteiger partial charge in [-0.1, -0.05) is 13.8 Å². The van der Waals surface area contributed by atoms with E-state index in [1.165, 1.54) is 26.4 Å². The summed E-state index contributed by atoms with van der Waals surface area (Å²) in [6.45, 7) is 3.73. The fourth-order valence-corrected chi connectivity index (χ4v) is 2.14. The lowest BCUT2D eigenvalue weighted by atomic mass is 10.1. The van der Waals surface area contributed by atoms with Crippen LogP contribution in [0.5, 0.6) is 11.5 Å². The predicted octanol–water partition coefficient (Wildman–Crippen LogP) is 1.54. The van der Waals surface area contributed by atoms with Crippen molar-refractivity contribution in [3.63, 3.8) is 0 Å². The molecule has 1 rings (SSSR count). The number of ether oxygens (including phenoxy) is 3. The lowest BCUT2D eigenvalue weighted by Crippen LogP contribution is -2.42. The molecule has 0 heterocycles. The number of esters is 1. The van der Waals surface area contributed by atoms with Crippen molar-refractivity contribution in [3.8, 4) is 11.5 Å². The largest absolute Gasteiger partial charge is 0.493 e. The van der Waals surface area contributed by atoms with Crippen molar-refractivity contribution < 1.29 is 33.4 Å². The first-order valence-electron chi connectivity index (χ1n) is 8.29. The van der Waals surface area contributed by atoms with Crippen LogP contribution in [0.25, 0.3) is 0 Å². The van der Waals surface area contributed by atoms with Gasteiger partial charge in [0.1, 0.15) is 5.56 Å². The van der Waals surface area contributed by atoms with Crippen molar-refractivity contribution >= 4 is 24.2 Å². The molecule has 2 N–H and O–H groups in total. The molecule has 0 bridgehead atoms. The predicted molar refractivity (Wildman–Crippen MR) is 96.2 cm³/mol. The van der Waals surface area contributed by atoms with Crippen LogP contribution in [-0.2, 0) is 9.53 Å². The van der Waals surface area contributed by atoms with Crippen molar-refractivity contribution in [2.24, 2.45) is 5.92 Å². The molecular weight excluding hydrogens is 356 g/mol. The average Bonchev–Trinajstić information content (AvgIpc) is 2.64. The topological polar surface area (TPSA) is 120 Å². The summed E-state index contributed by atoms with van der Waals surface area (Å²) in [6.07, 6.45) is 1.22. The zero-order valence-electron chi connectivity index (χ0n) is 15.8. The summed E-state index contributed by atoms with van der Waals surface area (Å²) in [7, 11) is 2.68. The van der Waals surface area contributed by atoms with Crippen LogP contribution in [0.2, 0.25) is 0 Å². The molecule has 9 heteroatoms. The minimum atomic E-state index is -0.955. The lowest BCUT2D eigenvalue weighted by Gasteiger charge is -2.14. The van der Waals surface area contributed by atoms with E-state index in [-0.39, 0.29) is 22.6 Å². The molecule has 0 saturated heterocycles. The monoisotopic (exact) mass is 380 g/mol. The summed E-state index contributed by atoms with van der Waals surface area (Å²) in [4.78, 5) is 46.8. The van der Waals surface area contributed by atoms with Gasteiger partial charge in [-0.25, -0.2) is 9.59 Å². The number of carbonyl (C=O) groups excluding carboxylic acids is 4. The highest BCUT2D eigenvalue weighted by atomic mass is 16.5. The first-order chi connectivity index (χ1) is 12.8. The Morgan fingerprint density at radius 1 is 1.15 bits per heavy atom. The van der Waals surface area contributed by atoms with Crippen molar-refractivity contribution in [3.05, 3.63) is 23.3 Å². The van der Waals surface area contributed by atoms with Gasteiger partial charge in [-0.2, -0.15) is 0 Å². The second-order valence-electron chi connectivity index (χ2n) is 5.95. The minimum absolute atomic E-state index is 0.0129. The third-order valence-electron chi connectivity index (χ3n) is 3.50. The average molecular weight is 380 g/mol. The number of aldehydes is 1. The summed E-state index contributed by atoms with van der Waals surface area (Å²) in [5.41, 5.74) is -0.148. The summed E-state index contributed by atoms with van der Waals surface area (Å²) < 4.78 is 15.1. The molecule has 3 amide bonds. The van der Waals surface area contributed by atoms with E-state index >= 15 is 0 Å². The molecular formula is C18H24N2O7. The number of carbonyl (C=O) groups is 4. The molecule has 0 aliphatic carbocycles. The van der Waals surface area contributed by atoms with Crippen LogP contribution in [0.3, 0.4) is 0 Å². The Bertz CT molecular complexity index is 701. The van der Waals surface area contributed by atoms with E-state index in [2.05, 4.69) is 5.32 Å². The minimum Gasteiger partial charge on any atom is -0.493 e. The van der Waals surface area contributed by atoms with Crippen molar-refractivity contribution in [2.45, 2.75) is 20.3 Å². The summed E-state index contributed by atoms with van der Waals surface area (Å²) in [6, 6.07) is 2.16. The molecule has 0 aromatic heterocycles. The molecule has 9 nitrogen and oxygen atoms in total. The van der Waals surface area contributed by atoms with Gasteiger partial charge in [-0.3, -0.25) is 14.9 Å². The van der Waals surface area contributed by atoms with Crippen molar-refractivity contribution in [1.29, 1.82) is 0 Å².